The summed E-state index contributed by atoms with van der Waals surface area (Å²) in [6, 6.07) is 90.7. The predicted octanol–water partition coefficient (Wildman–Crippen LogP) is 16.7. The number of fused-ring (bicyclic) bond motifs is 3. The van der Waals surface area contributed by atoms with Crippen molar-refractivity contribution >= 4 is 34.1 Å². The molecule has 2 nitrogen and oxygen atoms in total. The molecule has 9 aromatic carbocycles. The fourth-order valence-corrected chi connectivity index (χ4v) is 14.0. The van der Waals surface area contributed by atoms with Gasteiger partial charge in [0.15, 0.2) is 0 Å². The number of anilines is 6. The molecule has 0 aliphatic heterocycles. The van der Waals surface area contributed by atoms with E-state index in [4.69, 9.17) is 0 Å². The SMILES string of the molecule is c1ccc(N(c2ccccc2)c2ccc(C3(c4ccc(N(c5ccccc5)c5ccc6c(c5)-c5ccccc5C6(c5ccccc5)c5ccccc5)cc4)C4CC5CC(C4)CC3C5)cc2)cc1. The van der Waals surface area contributed by atoms with Crippen molar-refractivity contribution in [2.75, 3.05) is 9.80 Å². The lowest BCUT2D eigenvalue weighted by Crippen LogP contribution is -2.56. The van der Waals surface area contributed by atoms with Crippen molar-refractivity contribution in [2.45, 2.75) is 42.9 Å². The summed E-state index contributed by atoms with van der Waals surface area (Å²) < 4.78 is 0. The van der Waals surface area contributed by atoms with Crippen LogP contribution in [-0.4, -0.2) is 0 Å². The molecule has 4 bridgehead atoms. The highest BCUT2D eigenvalue weighted by atomic mass is 15.1. The van der Waals surface area contributed by atoms with Gasteiger partial charge >= 0.3 is 0 Å². The number of rotatable bonds is 10. The summed E-state index contributed by atoms with van der Waals surface area (Å²) in [4.78, 5) is 4.86. The summed E-state index contributed by atoms with van der Waals surface area (Å²) in [5, 5.41) is 0. The van der Waals surface area contributed by atoms with Crippen LogP contribution in [0.15, 0.2) is 243 Å². The molecule has 0 amide bonds. The average Bonchev–Trinajstić information content (AvgIpc) is 3.69. The van der Waals surface area contributed by atoms with Crippen LogP contribution in [0.3, 0.4) is 0 Å². The Morgan fingerprint density at radius 2 is 0.642 bits per heavy atom. The molecule has 2 heteroatoms. The minimum Gasteiger partial charge on any atom is -0.311 e. The first-order valence-corrected chi connectivity index (χ1v) is 24.5. The number of hydrogen-bond donors (Lipinski definition) is 0. The van der Waals surface area contributed by atoms with E-state index < -0.39 is 5.41 Å². The third kappa shape index (κ3) is 6.30. The zero-order valence-electron chi connectivity index (χ0n) is 37.8. The van der Waals surface area contributed by atoms with E-state index in [9.17, 15) is 0 Å². The summed E-state index contributed by atoms with van der Waals surface area (Å²) in [6.45, 7) is 0. The molecule has 0 spiro atoms. The van der Waals surface area contributed by atoms with Crippen LogP contribution in [0.1, 0.15) is 65.5 Å². The molecule has 0 saturated heterocycles. The van der Waals surface area contributed by atoms with Gasteiger partial charge in [-0.05, 0) is 173 Å². The predicted molar refractivity (Wildman–Crippen MR) is 277 cm³/mol. The van der Waals surface area contributed by atoms with E-state index in [1.165, 1.54) is 99.4 Å². The Kier molecular flexibility index (Phi) is 9.63. The molecule has 0 unspecified atom stereocenters. The minimum absolute atomic E-state index is 0.0259. The van der Waals surface area contributed by atoms with Crippen molar-refractivity contribution in [2.24, 2.45) is 23.7 Å². The van der Waals surface area contributed by atoms with E-state index in [1.807, 2.05) is 0 Å². The smallest absolute Gasteiger partial charge is 0.0713 e. The molecular weight excluding hydrogens is 809 g/mol. The molecule has 4 saturated carbocycles. The lowest BCUT2D eigenvalue weighted by Gasteiger charge is -2.62. The quantitative estimate of drug-likeness (QED) is 0.135. The van der Waals surface area contributed by atoms with E-state index in [2.05, 4.69) is 252 Å². The molecule has 4 fully saturated rings. The molecule has 324 valence electrons. The van der Waals surface area contributed by atoms with Crippen molar-refractivity contribution in [1.82, 2.24) is 0 Å². The molecule has 5 aliphatic rings. The van der Waals surface area contributed by atoms with Crippen molar-refractivity contribution in [3.63, 3.8) is 0 Å². The summed E-state index contributed by atoms with van der Waals surface area (Å²) in [5.41, 5.74) is 17.3. The molecule has 0 aromatic heterocycles. The van der Waals surface area contributed by atoms with Gasteiger partial charge in [0.1, 0.15) is 0 Å². The summed E-state index contributed by atoms with van der Waals surface area (Å²) in [6.07, 6.45) is 6.75. The van der Waals surface area contributed by atoms with Gasteiger partial charge in [-0.3, -0.25) is 0 Å². The van der Waals surface area contributed by atoms with Gasteiger partial charge in [-0.15, -0.1) is 0 Å². The Morgan fingerprint density at radius 1 is 0.284 bits per heavy atom. The average molecular weight is 863 g/mol. The molecule has 5 aliphatic carbocycles. The number of benzene rings is 9. The van der Waals surface area contributed by atoms with Gasteiger partial charge in [0, 0.05) is 39.5 Å². The highest BCUT2D eigenvalue weighted by molar-refractivity contribution is 5.90. The zero-order valence-corrected chi connectivity index (χ0v) is 37.8. The lowest BCUT2D eigenvalue weighted by molar-refractivity contribution is -0.0418. The van der Waals surface area contributed by atoms with Crippen molar-refractivity contribution in [1.29, 1.82) is 0 Å². The largest absolute Gasteiger partial charge is 0.311 e. The van der Waals surface area contributed by atoms with Gasteiger partial charge in [0.25, 0.3) is 0 Å². The highest BCUT2D eigenvalue weighted by Gasteiger charge is 2.58. The Bertz CT molecular complexity index is 3060. The van der Waals surface area contributed by atoms with Gasteiger partial charge in [-0.2, -0.15) is 0 Å². The molecule has 0 atom stereocenters. The van der Waals surface area contributed by atoms with E-state index in [0.29, 0.717) is 11.8 Å². The van der Waals surface area contributed by atoms with Crippen LogP contribution in [0.2, 0.25) is 0 Å². The van der Waals surface area contributed by atoms with E-state index in [-0.39, 0.29) is 5.41 Å². The molecule has 0 N–H and O–H groups in total. The molecule has 67 heavy (non-hydrogen) atoms. The highest BCUT2D eigenvalue weighted by Crippen LogP contribution is 2.65. The minimum atomic E-state index is -0.432. The van der Waals surface area contributed by atoms with Gasteiger partial charge in [0.2, 0.25) is 0 Å². The maximum absolute atomic E-state index is 2.51. The first kappa shape index (κ1) is 39.9. The van der Waals surface area contributed by atoms with E-state index >= 15 is 0 Å². The third-order valence-corrected chi connectivity index (χ3v) is 16.4. The van der Waals surface area contributed by atoms with Gasteiger partial charge < -0.3 is 9.80 Å². The van der Waals surface area contributed by atoms with Crippen molar-refractivity contribution < 1.29 is 0 Å². The molecule has 0 heterocycles. The Hall–Kier alpha value is -7.42. The van der Waals surface area contributed by atoms with E-state index in [1.54, 1.807) is 0 Å². The number of para-hydroxylation sites is 3. The van der Waals surface area contributed by atoms with Crippen LogP contribution in [0.25, 0.3) is 11.1 Å². The summed E-state index contributed by atoms with van der Waals surface area (Å²) >= 11 is 0. The van der Waals surface area contributed by atoms with Gasteiger partial charge in [0.05, 0.1) is 5.41 Å². The molecule has 0 radical (unpaired) electrons. The monoisotopic (exact) mass is 862 g/mol. The second-order valence-electron chi connectivity index (χ2n) is 19.7. The van der Waals surface area contributed by atoms with Crippen LogP contribution in [0, 0.1) is 23.7 Å². The topological polar surface area (TPSA) is 6.48 Å². The number of hydrogen-bond acceptors (Lipinski definition) is 2. The third-order valence-electron chi connectivity index (χ3n) is 16.4. The first-order chi connectivity index (χ1) is 33.2. The Balaban J connectivity index is 0.928. The summed E-state index contributed by atoms with van der Waals surface area (Å²) in [7, 11) is 0. The molecule has 14 rings (SSSR count). The van der Waals surface area contributed by atoms with Crippen LogP contribution < -0.4 is 9.80 Å². The fraction of sp³-hybridized carbons (Fsp3) is 0.169. The number of nitrogens with zero attached hydrogens (tertiary/aromatic N) is 2. The fourth-order valence-electron chi connectivity index (χ4n) is 14.0. The molecular formula is C65H54N2. The maximum Gasteiger partial charge on any atom is 0.0713 e. The van der Waals surface area contributed by atoms with Gasteiger partial charge in [-0.25, -0.2) is 0 Å². The van der Waals surface area contributed by atoms with Crippen LogP contribution in [0.5, 0.6) is 0 Å². The maximum atomic E-state index is 2.51. The van der Waals surface area contributed by atoms with Crippen molar-refractivity contribution in [3.8, 4) is 11.1 Å². The second kappa shape index (κ2) is 16.2. The lowest BCUT2D eigenvalue weighted by atomic mass is 9.42. The Labute approximate surface area is 395 Å². The Morgan fingerprint density at radius 3 is 1.10 bits per heavy atom. The molecule has 9 aromatic rings. The van der Waals surface area contributed by atoms with Crippen LogP contribution in [0.4, 0.5) is 34.1 Å². The standard InChI is InChI=1S/C65H54N2/c1-6-18-48(19-7-1)65(49-20-8-2-9-21-49)62-29-17-16-28-60(62)61-45-59(38-39-63(61)65)67(56-26-14-5-15-27-56)58-36-32-51(33-37-58)64(52-41-46-40-47(43-52)44-53(64)42-46)50-30-34-57(35-31-50)66(54-22-10-3-11-23-54)55-24-12-4-13-25-55/h1-39,45-47,52-53H,40-44H2. The second-order valence-corrected chi connectivity index (χ2v) is 19.7. The normalized spacial score (nSPS) is 21.6. The van der Waals surface area contributed by atoms with Crippen LogP contribution in [-0.2, 0) is 10.8 Å². The van der Waals surface area contributed by atoms with Crippen LogP contribution >= 0.6 is 0 Å². The summed E-state index contributed by atoms with van der Waals surface area (Å²) in [5.74, 6) is 3.00. The zero-order chi connectivity index (χ0) is 44.4. The van der Waals surface area contributed by atoms with Gasteiger partial charge in [-0.1, -0.05) is 170 Å². The van der Waals surface area contributed by atoms with Crippen molar-refractivity contribution in [3.05, 3.63) is 276 Å². The first-order valence-electron chi connectivity index (χ1n) is 24.5. The van der Waals surface area contributed by atoms with E-state index in [0.717, 1.165) is 23.2 Å².